The number of pyridine rings is 1. The van der Waals surface area contributed by atoms with Gasteiger partial charge in [-0.3, -0.25) is 4.79 Å². The lowest BCUT2D eigenvalue weighted by Crippen LogP contribution is -2.18. The van der Waals surface area contributed by atoms with Gasteiger partial charge in [0.25, 0.3) is 0 Å². The average Bonchev–Trinajstić information content (AvgIpc) is 3.21. The highest BCUT2D eigenvalue weighted by Crippen LogP contribution is 2.29. The minimum atomic E-state index is -0.297. The SMILES string of the molecule is COc1cccc2c(C)cc(-n3ncc(C#N)c3NC(=O)CCOc3ccccc3)nc12. The van der Waals surface area contributed by atoms with Gasteiger partial charge in [-0.05, 0) is 36.8 Å². The summed E-state index contributed by atoms with van der Waals surface area (Å²) < 4.78 is 12.5. The molecule has 8 heteroatoms. The number of hydrogen-bond acceptors (Lipinski definition) is 6. The van der Waals surface area contributed by atoms with Crippen LogP contribution in [-0.4, -0.2) is 34.4 Å². The van der Waals surface area contributed by atoms with Crippen LogP contribution in [0.15, 0.2) is 60.8 Å². The first kappa shape index (κ1) is 20.9. The highest BCUT2D eigenvalue weighted by molar-refractivity contribution is 5.92. The van der Waals surface area contributed by atoms with Gasteiger partial charge in [0.2, 0.25) is 5.91 Å². The van der Waals surface area contributed by atoms with Crippen molar-refractivity contribution in [3.63, 3.8) is 0 Å². The zero-order valence-electron chi connectivity index (χ0n) is 17.7. The van der Waals surface area contributed by atoms with Crippen LogP contribution < -0.4 is 14.8 Å². The Labute approximate surface area is 185 Å². The summed E-state index contributed by atoms with van der Waals surface area (Å²) in [6, 6.07) is 18.9. The fourth-order valence-electron chi connectivity index (χ4n) is 3.34. The third-order valence-electron chi connectivity index (χ3n) is 4.92. The molecule has 32 heavy (non-hydrogen) atoms. The number of carbonyl (C=O) groups is 1. The summed E-state index contributed by atoms with van der Waals surface area (Å²) in [7, 11) is 1.59. The Bertz CT molecular complexity index is 1310. The van der Waals surface area contributed by atoms with Gasteiger partial charge in [0.1, 0.15) is 28.6 Å². The van der Waals surface area contributed by atoms with Crippen LogP contribution in [0, 0.1) is 18.3 Å². The van der Waals surface area contributed by atoms with Crippen LogP contribution in [0.3, 0.4) is 0 Å². The summed E-state index contributed by atoms with van der Waals surface area (Å²) >= 11 is 0. The molecule has 0 saturated carbocycles. The minimum absolute atomic E-state index is 0.114. The van der Waals surface area contributed by atoms with Gasteiger partial charge in [0, 0.05) is 5.39 Å². The summed E-state index contributed by atoms with van der Waals surface area (Å²) in [6.07, 6.45) is 1.52. The van der Waals surface area contributed by atoms with E-state index in [-0.39, 0.29) is 30.3 Å². The summed E-state index contributed by atoms with van der Waals surface area (Å²) in [6.45, 7) is 2.16. The van der Waals surface area contributed by atoms with E-state index in [0.29, 0.717) is 22.8 Å². The number of nitriles is 1. The van der Waals surface area contributed by atoms with Crippen LogP contribution in [0.2, 0.25) is 0 Å². The van der Waals surface area contributed by atoms with Crippen LogP contribution >= 0.6 is 0 Å². The molecule has 1 N–H and O–H groups in total. The molecule has 0 atom stereocenters. The minimum Gasteiger partial charge on any atom is -0.494 e. The zero-order chi connectivity index (χ0) is 22.5. The molecule has 0 aliphatic heterocycles. The van der Waals surface area contributed by atoms with E-state index in [0.717, 1.165) is 10.9 Å². The molecule has 160 valence electrons. The standard InChI is InChI=1S/C24H21N5O3/c1-16-13-21(27-23-19(16)9-6-10-20(23)31-2)29-24(17(14-25)15-26-29)28-22(30)11-12-32-18-7-4-3-5-8-18/h3-10,13,15H,11-12H2,1-2H3,(H,28,30). The third-order valence-corrected chi connectivity index (χ3v) is 4.92. The molecule has 4 rings (SSSR count). The van der Waals surface area contributed by atoms with Gasteiger partial charge >= 0.3 is 0 Å². The van der Waals surface area contributed by atoms with Crippen molar-refractivity contribution in [2.45, 2.75) is 13.3 Å². The fourth-order valence-corrected chi connectivity index (χ4v) is 3.34. The molecule has 8 nitrogen and oxygen atoms in total. The predicted molar refractivity (Wildman–Crippen MR) is 120 cm³/mol. The van der Waals surface area contributed by atoms with Gasteiger partial charge in [-0.1, -0.05) is 30.3 Å². The molecule has 0 bridgehead atoms. The number of nitrogens with one attached hydrogen (secondary N) is 1. The van der Waals surface area contributed by atoms with Crippen molar-refractivity contribution in [1.29, 1.82) is 5.26 Å². The van der Waals surface area contributed by atoms with E-state index in [4.69, 9.17) is 9.47 Å². The van der Waals surface area contributed by atoms with Crippen molar-refractivity contribution in [2.75, 3.05) is 19.0 Å². The van der Waals surface area contributed by atoms with E-state index >= 15 is 0 Å². The van der Waals surface area contributed by atoms with Crippen molar-refractivity contribution in [1.82, 2.24) is 14.8 Å². The lowest BCUT2D eigenvalue weighted by atomic mass is 10.1. The number of benzene rings is 2. The number of methoxy groups -OCH3 is 1. The van der Waals surface area contributed by atoms with E-state index < -0.39 is 0 Å². The second kappa shape index (κ2) is 9.18. The molecule has 0 radical (unpaired) electrons. The maximum Gasteiger partial charge on any atom is 0.228 e. The van der Waals surface area contributed by atoms with E-state index in [1.165, 1.54) is 10.9 Å². The van der Waals surface area contributed by atoms with E-state index in [2.05, 4.69) is 21.5 Å². The smallest absolute Gasteiger partial charge is 0.228 e. The highest BCUT2D eigenvalue weighted by Gasteiger charge is 2.18. The number of rotatable bonds is 7. The number of para-hydroxylation sites is 2. The fraction of sp³-hybridized carbons (Fsp3) is 0.167. The average molecular weight is 427 g/mol. The Kier molecular flexibility index (Phi) is 5.99. The number of fused-ring (bicyclic) bond motifs is 1. The maximum absolute atomic E-state index is 12.6. The molecule has 0 saturated heterocycles. The van der Waals surface area contributed by atoms with Gasteiger partial charge in [-0.15, -0.1) is 0 Å². The Hall–Kier alpha value is -4.38. The van der Waals surface area contributed by atoms with Crippen LogP contribution in [0.5, 0.6) is 11.5 Å². The second-order valence-corrected chi connectivity index (χ2v) is 7.04. The van der Waals surface area contributed by atoms with Crippen molar-refractivity contribution >= 4 is 22.6 Å². The Balaban J connectivity index is 1.60. The van der Waals surface area contributed by atoms with E-state index in [1.807, 2.05) is 61.5 Å². The summed E-state index contributed by atoms with van der Waals surface area (Å²) in [5.41, 5.74) is 1.88. The monoisotopic (exact) mass is 427 g/mol. The molecule has 0 unspecified atom stereocenters. The lowest BCUT2D eigenvalue weighted by molar-refractivity contribution is -0.116. The first-order valence-corrected chi connectivity index (χ1v) is 10.0. The number of carbonyl (C=O) groups excluding carboxylic acids is 1. The molecule has 0 aliphatic rings. The number of aromatic nitrogens is 3. The van der Waals surface area contributed by atoms with Gasteiger partial charge in [0.15, 0.2) is 11.6 Å². The third kappa shape index (κ3) is 4.23. The summed E-state index contributed by atoms with van der Waals surface area (Å²) in [4.78, 5) is 17.2. The number of nitrogens with zero attached hydrogens (tertiary/aromatic N) is 4. The summed E-state index contributed by atoms with van der Waals surface area (Å²) in [5.74, 6) is 1.75. The largest absolute Gasteiger partial charge is 0.494 e. The molecular formula is C24H21N5O3. The normalized spacial score (nSPS) is 10.5. The van der Waals surface area contributed by atoms with Crippen molar-refractivity contribution in [3.8, 4) is 23.4 Å². The van der Waals surface area contributed by atoms with Crippen LogP contribution in [0.1, 0.15) is 17.5 Å². The molecule has 2 aromatic heterocycles. The number of ether oxygens (including phenoxy) is 2. The highest BCUT2D eigenvalue weighted by atomic mass is 16.5. The zero-order valence-corrected chi connectivity index (χ0v) is 17.7. The molecule has 2 aromatic carbocycles. The summed E-state index contributed by atoms with van der Waals surface area (Å²) in [5, 5.41) is 17.5. The van der Waals surface area contributed by atoms with E-state index in [1.54, 1.807) is 7.11 Å². The van der Waals surface area contributed by atoms with Crippen LogP contribution in [-0.2, 0) is 4.79 Å². The topological polar surface area (TPSA) is 102 Å². The number of aryl methyl sites for hydroxylation is 1. The van der Waals surface area contributed by atoms with Gasteiger partial charge in [0.05, 0.1) is 26.3 Å². The first-order chi connectivity index (χ1) is 15.6. The van der Waals surface area contributed by atoms with Gasteiger partial charge < -0.3 is 14.8 Å². The quantitative estimate of drug-likeness (QED) is 0.478. The van der Waals surface area contributed by atoms with Gasteiger partial charge in [-0.2, -0.15) is 15.0 Å². The Morgan fingerprint density at radius 3 is 2.75 bits per heavy atom. The molecule has 0 fully saturated rings. The van der Waals surface area contributed by atoms with Crippen LogP contribution in [0.25, 0.3) is 16.7 Å². The number of anilines is 1. The van der Waals surface area contributed by atoms with Crippen molar-refractivity contribution in [3.05, 3.63) is 71.9 Å². The van der Waals surface area contributed by atoms with Crippen molar-refractivity contribution in [2.24, 2.45) is 0 Å². The molecule has 2 heterocycles. The first-order valence-electron chi connectivity index (χ1n) is 10.0. The number of hydrogen-bond donors (Lipinski definition) is 1. The Morgan fingerprint density at radius 1 is 1.19 bits per heavy atom. The second-order valence-electron chi connectivity index (χ2n) is 7.04. The molecule has 0 aliphatic carbocycles. The molecular weight excluding hydrogens is 406 g/mol. The van der Waals surface area contributed by atoms with Crippen LogP contribution in [0.4, 0.5) is 5.82 Å². The lowest BCUT2D eigenvalue weighted by Gasteiger charge is -2.12. The molecule has 4 aromatic rings. The van der Waals surface area contributed by atoms with E-state index in [9.17, 15) is 10.1 Å². The predicted octanol–water partition coefficient (Wildman–Crippen LogP) is 4.02. The number of amides is 1. The molecule has 1 amide bonds. The maximum atomic E-state index is 12.6. The van der Waals surface area contributed by atoms with Crippen molar-refractivity contribution < 1.29 is 14.3 Å². The van der Waals surface area contributed by atoms with Gasteiger partial charge in [-0.25, -0.2) is 4.98 Å². The Morgan fingerprint density at radius 2 is 2.00 bits per heavy atom. The molecule has 0 spiro atoms.